The molecule has 3 nitrogen and oxygen atoms in total. The van der Waals surface area contributed by atoms with E-state index in [9.17, 15) is 22.0 Å². The molecule has 0 atom stereocenters. The Balaban J connectivity index is 0.000000261. The Bertz CT molecular complexity index is 173. The zero-order chi connectivity index (χ0) is 10.2. The molecule has 12 heavy (non-hydrogen) atoms. The fraction of sp³-hybridized carbons (Fsp3) is 0.750. The summed E-state index contributed by atoms with van der Waals surface area (Å²) < 4.78 is 55.9. The summed E-state index contributed by atoms with van der Waals surface area (Å²) in [7, 11) is 0. The van der Waals surface area contributed by atoms with E-state index in [1.807, 2.05) is 0 Å². The van der Waals surface area contributed by atoms with Crippen LogP contribution in [0.2, 0.25) is 0 Å². The zero-order valence-electron chi connectivity index (χ0n) is 5.27. The third-order valence-electron chi connectivity index (χ3n) is 0.998. The van der Waals surface area contributed by atoms with Crippen LogP contribution in [0.1, 0.15) is 0 Å². The molecule has 0 amide bonds. The van der Waals surface area contributed by atoms with E-state index in [-0.39, 0.29) is 0 Å². The van der Waals surface area contributed by atoms with Crippen molar-refractivity contribution in [3.05, 3.63) is 0 Å². The highest BCUT2D eigenvalue weighted by Gasteiger charge is 2.87. The third kappa shape index (κ3) is 1.74. The van der Waals surface area contributed by atoms with Gasteiger partial charge in [-0.3, -0.25) is 0 Å². The van der Waals surface area contributed by atoms with E-state index < -0.39 is 24.2 Å². The highest BCUT2D eigenvalue weighted by molar-refractivity contribution is 5.53. The Morgan fingerprint density at radius 3 is 1.17 bits per heavy atom. The average Bonchev–Trinajstić information content (AvgIpc) is 2.12. The van der Waals surface area contributed by atoms with Crippen molar-refractivity contribution in [3.8, 4) is 0 Å². The molecule has 0 heterocycles. The maximum absolute atomic E-state index is 11.2. The summed E-state index contributed by atoms with van der Waals surface area (Å²) in [4.78, 5) is 8.56. The lowest BCUT2D eigenvalue weighted by atomic mass is 10.8. The molecule has 0 radical (unpaired) electrons. The first kappa shape index (κ1) is 10.9. The van der Waals surface area contributed by atoms with Crippen LogP contribution in [-0.2, 0) is 0 Å². The van der Waals surface area contributed by atoms with Gasteiger partial charge in [-0.15, -0.1) is 0 Å². The smallest absolute Gasteiger partial charge is 0.450 e. The summed E-state index contributed by atoms with van der Waals surface area (Å²) in [6, 6.07) is 0. The van der Waals surface area contributed by atoms with E-state index in [2.05, 4.69) is 0 Å². The van der Waals surface area contributed by atoms with Crippen LogP contribution in [0.5, 0.6) is 0 Å². The van der Waals surface area contributed by atoms with Crippen molar-refractivity contribution in [2.75, 3.05) is 0 Å². The Morgan fingerprint density at radius 1 is 1.08 bits per heavy atom. The molecule has 1 fully saturated rings. The van der Waals surface area contributed by atoms with Crippen molar-refractivity contribution in [2.24, 2.45) is 0 Å². The van der Waals surface area contributed by atoms with E-state index in [4.69, 9.17) is 15.0 Å². The van der Waals surface area contributed by atoms with E-state index in [1.54, 1.807) is 0 Å². The summed E-state index contributed by atoms with van der Waals surface area (Å²) in [6.07, 6.45) is -5.09. The Hall–Kier alpha value is -1.08. The van der Waals surface area contributed by atoms with Gasteiger partial charge >= 0.3 is 18.0 Å². The van der Waals surface area contributed by atoms with Crippen molar-refractivity contribution in [1.82, 2.24) is 0 Å². The van der Waals surface area contributed by atoms with Crippen molar-refractivity contribution < 1.29 is 37.0 Å². The molecule has 0 aromatic rings. The topological polar surface area (TPSA) is 57.5 Å². The number of alkyl halides is 5. The monoisotopic (exact) mass is 194 g/mol. The predicted octanol–water partition coefficient (Wildman–Crippen LogP) is 1.83. The first-order valence-electron chi connectivity index (χ1n) is 2.45. The quantitative estimate of drug-likeness (QED) is 0.578. The molecule has 0 saturated heterocycles. The lowest BCUT2D eigenvalue weighted by Gasteiger charge is -1.85. The van der Waals surface area contributed by atoms with Crippen LogP contribution >= 0.6 is 0 Å². The molecule has 0 spiro atoms. The maximum atomic E-state index is 11.2. The van der Waals surface area contributed by atoms with Gasteiger partial charge in [0.1, 0.15) is 0 Å². The Morgan fingerprint density at radius 2 is 1.17 bits per heavy atom. The number of hydrogen-bond donors (Lipinski definition) is 2. The van der Waals surface area contributed by atoms with Crippen LogP contribution in [0.15, 0.2) is 0 Å². The number of rotatable bonds is 0. The van der Waals surface area contributed by atoms with E-state index in [0.29, 0.717) is 0 Å². The van der Waals surface area contributed by atoms with Crippen molar-refractivity contribution in [2.45, 2.75) is 18.0 Å². The molecule has 0 aromatic carbocycles. The number of carbonyl (C=O) groups is 1. The van der Waals surface area contributed by atoms with Gasteiger partial charge in [0.05, 0.1) is 0 Å². The number of hydrogen-bond acceptors (Lipinski definition) is 1. The van der Waals surface area contributed by atoms with Gasteiger partial charge in [-0.1, -0.05) is 0 Å². The molecule has 0 aliphatic heterocycles. The van der Waals surface area contributed by atoms with E-state index >= 15 is 0 Å². The van der Waals surface area contributed by atoms with Crippen LogP contribution in [-0.4, -0.2) is 34.4 Å². The number of halogens is 5. The predicted molar refractivity (Wildman–Crippen MR) is 25.4 cm³/mol. The molecule has 2 N–H and O–H groups in total. The minimum Gasteiger partial charge on any atom is -0.450 e. The molecule has 1 rings (SSSR count). The molecule has 0 bridgehead atoms. The number of carboxylic acid groups (broad SMARTS) is 2. The van der Waals surface area contributed by atoms with Crippen molar-refractivity contribution >= 4 is 6.16 Å². The molecular weight excluding hydrogens is 191 g/mol. The molecule has 0 unspecified atom stereocenters. The maximum Gasteiger partial charge on any atom is 0.503 e. The van der Waals surface area contributed by atoms with E-state index in [0.717, 1.165) is 0 Å². The summed E-state index contributed by atoms with van der Waals surface area (Å²) in [6.45, 7) is 0. The molecule has 8 heteroatoms. The highest BCUT2D eigenvalue weighted by Crippen LogP contribution is 2.58. The molecule has 1 aliphatic rings. The Kier molecular flexibility index (Phi) is 2.51. The van der Waals surface area contributed by atoms with Gasteiger partial charge in [0, 0.05) is 0 Å². The highest BCUT2D eigenvalue weighted by atomic mass is 19.3. The van der Waals surface area contributed by atoms with Crippen LogP contribution < -0.4 is 0 Å². The molecule has 0 aromatic heterocycles. The first-order valence-corrected chi connectivity index (χ1v) is 2.45. The normalized spacial score (nSPS) is 23.8. The minimum absolute atomic E-state index is 1.83. The SMILES string of the molecule is FC1C(F)(F)C1(F)F.O=C(O)O. The summed E-state index contributed by atoms with van der Waals surface area (Å²) in [5, 5.41) is 13.9. The minimum atomic E-state index is -4.40. The van der Waals surface area contributed by atoms with Gasteiger partial charge in [0.15, 0.2) is 0 Å². The fourth-order valence-electron chi connectivity index (χ4n) is 0.306. The van der Waals surface area contributed by atoms with Gasteiger partial charge in [0.25, 0.3) is 0 Å². The van der Waals surface area contributed by atoms with Crippen LogP contribution in [0.4, 0.5) is 26.7 Å². The van der Waals surface area contributed by atoms with Crippen molar-refractivity contribution in [3.63, 3.8) is 0 Å². The fourth-order valence-corrected chi connectivity index (χ4v) is 0.306. The van der Waals surface area contributed by atoms with Crippen LogP contribution in [0, 0.1) is 0 Å². The standard InChI is InChI=1S/C3HF5.CH2O3/c4-1-2(5,6)3(1,7)8;2-1(3)4/h1H;(H2,2,3,4). The van der Waals surface area contributed by atoms with E-state index in [1.165, 1.54) is 0 Å². The van der Waals surface area contributed by atoms with Crippen molar-refractivity contribution in [1.29, 1.82) is 0 Å². The second-order valence-electron chi connectivity index (χ2n) is 1.89. The molecule has 72 valence electrons. The van der Waals surface area contributed by atoms with Crippen LogP contribution in [0.25, 0.3) is 0 Å². The van der Waals surface area contributed by atoms with Gasteiger partial charge in [-0.25, -0.2) is 9.18 Å². The summed E-state index contributed by atoms with van der Waals surface area (Å²) in [5.74, 6) is -8.79. The van der Waals surface area contributed by atoms with Gasteiger partial charge < -0.3 is 10.2 Å². The summed E-state index contributed by atoms with van der Waals surface area (Å²) >= 11 is 0. The first-order chi connectivity index (χ1) is 5.14. The Labute approximate surface area is 62.4 Å². The third-order valence-corrected chi connectivity index (χ3v) is 0.998. The summed E-state index contributed by atoms with van der Waals surface area (Å²) in [5.41, 5.74) is 0. The second-order valence-corrected chi connectivity index (χ2v) is 1.89. The molecule has 1 aliphatic carbocycles. The largest absolute Gasteiger partial charge is 0.503 e. The zero-order valence-corrected chi connectivity index (χ0v) is 5.27. The van der Waals surface area contributed by atoms with Gasteiger partial charge in [-0.05, 0) is 0 Å². The van der Waals surface area contributed by atoms with Gasteiger partial charge in [-0.2, -0.15) is 17.6 Å². The second kappa shape index (κ2) is 2.76. The molecular formula is C4H3F5O3. The van der Waals surface area contributed by atoms with Crippen LogP contribution in [0.3, 0.4) is 0 Å². The lowest BCUT2D eigenvalue weighted by molar-refractivity contribution is -0.0278. The van der Waals surface area contributed by atoms with Gasteiger partial charge in [0.2, 0.25) is 6.17 Å². The average molecular weight is 194 g/mol. The lowest BCUT2D eigenvalue weighted by Crippen LogP contribution is -2.02. The molecule has 1 saturated carbocycles.